The molecule has 1 unspecified atom stereocenters. The second-order valence-corrected chi connectivity index (χ2v) is 9.76. The van der Waals surface area contributed by atoms with Gasteiger partial charge in [-0.25, -0.2) is 4.79 Å². The number of aromatic nitrogens is 1. The number of ether oxygens (including phenoxy) is 1. The van der Waals surface area contributed by atoms with Gasteiger partial charge in [-0.05, 0) is 68.5 Å². The number of carbonyl (C=O) groups is 1. The molecule has 5 rings (SSSR count). The highest BCUT2D eigenvalue weighted by Crippen LogP contribution is 2.46. The molecular weight excluding hydrogens is 475 g/mol. The van der Waals surface area contributed by atoms with Crippen LogP contribution in [0.15, 0.2) is 47.0 Å². The third-order valence-electron chi connectivity index (χ3n) is 6.58. The number of aromatic carboxylic acids is 1. The molecule has 1 atom stereocenters. The second-order valence-electron chi connectivity index (χ2n) is 8.95. The Labute approximate surface area is 208 Å². The van der Waals surface area contributed by atoms with E-state index in [0.717, 1.165) is 62.2 Å². The van der Waals surface area contributed by atoms with Gasteiger partial charge in [0.2, 0.25) is 0 Å². The number of rotatable bonds is 7. The van der Waals surface area contributed by atoms with Gasteiger partial charge in [-0.2, -0.15) is 0 Å². The normalized spacial score (nSPS) is 18.6. The number of hydrogen-bond donors (Lipinski definition) is 1. The first-order valence-corrected chi connectivity index (χ1v) is 12.4. The zero-order valence-corrected chi connectivity index (χ0v) is 20.2. The van der Waals surface area contributed by atoms with E-state index >= 15 is 0 Å². The van der Waals surface area contributed by atoms with Crippen molar-refractivity contribution in [2.24, 2.45) is 0 Å². The molecule has 1 aliphatic carbocycles. The van der Waals surface area contributed by atoms with Crippen LogP contribution in [0.4, 0.5) is 5.69 Å². The third-order valence-corrected chi connectivity index (χ3v) is 7.21. The average molecular weight is 501 g/mol. The number of anilines is 1. The molecule has 34 heavy (non-hydrogen) atoms. The van der Waals surface area contributed by atoms with Crippen molar-refractivity contribution in [2.45, 2.75) is 50.7 Å². The van der Waals surface area contributed by atoms with Crippen molar-refractivity contribution in [2.75, 3.05) is 18.0 Å². The van der Waals surface area contributed by atoms with Gasteiger partial charge in [-0.3, -0.25) is 0 Å². The van der Waals surface area contributed by atoms with Crippen LogP contribution in [0, 0.1) is 0 Å². The Morgan fingerprint density at radius 3 is 2.47 bits per heavy atom. The fraction of sp³-hybridized carbons (Fsp3) is 0.385. The van der Waals surface area contributed by atoms with Crippen LogP contribution in [0.1, 0.15) is 59.7 Å². The Morgan fingerprint density at radius 2 is 1.79 bits per heavy atom. The van der Waals surface area contributed by atoms with Gasteiger partial charge in [0.25, 0.3) is 0 Å². The van der Waals surface area contributed by atoms with E-state index in [4.69, 9.17) is 37.6 Å². The highest BCUT2D eigenvalue weighted by molar-refractivity contribution is 6.39. The summed E-state index contributed by atoms with van der Waals surface area (Å²) in [6, 6.07) is 12.5. The molecule has 0 amide bonds. The van der Waals surface area contributed by atoms with E-state index in [1.54, 1.807) is 12.1 Å². The molecule has 178 valence electrons. The lowest BCUT2D eigenvalue weighted by Crippen LogP contribution is -2.25. The topological polar surface area (TPSA) is 75.8 Å². The Balaban J connectivity index is 1.28. The molecule has 0 spiro atoms. The van der Waals surface area contributed by atoms with Crippen molar-refractivity contribution in [3.05, 3.63) is 69.4 Å². The van der Waals surface area contributed by atoms with E-state index < -0.39 is 5.97 Å². The Hall–Kier alpha value is -2.54. The summed E-state index contributed by atoms with van der Waals surface area (Å²) in [5, 5.41) is 14.6. The number of carboxylic acid groups (broad SMARTS) is 1. The SMILES string of the molecule is O=C(O)c1ccc(N2CCCC(OCc3c(-c4c(Cl)cccc4Cl)noc3C3CC3)CC2)cc1. The summed E-state index contributed by atoms with van der Waals surface area (Å²) in [7, 11) is 0. The highest BCUT2D eigenvalue weighted by atomic mass is 35.5. The van der Waals surface area contributed by atoms with Gasteiger partial charge in [0, 0.05) is 35.8 Å². The molecule has 2 aliphatic rings. The van der Waals surface area contributed by atoms with Crippen molar-refractivity contribution in [1.29, 1.82) is 0 Å². The van der Waals surface area contributed by atoms with Gasteiger partial charge in [0.05, 0.1) is 28.3 Å². The number of benzene rings is 2. The van der Waals surface area contributed by atoms with E-state index in [0.29, 0.717) is 39.4 Å². The molecule has 1 N–H and O–H groups in total. The molecule has 2 heterocycles. The van der Waals surface area contributed by atoms with Crippen LogP contribution in [0.25, 0.3) is 11.3 Å². The second kappa shape index (κ2) is 9.98. The van der Waals surface area contributed by atoms with Crippen LogP contribution in [-0.2, 0) is 11.3 Å². The zero-order valence-electron chi connectivity index (χ0n) is 18.7. The summed E-state index contributed by atoms with van der Waals surface area (Å²) in [6.07, 6.45) is 5.13. The summed E-state index contributed by atoms with van der Waals surface area (Å²) < 4.78 is 12.2. The van der Waals surface area contributed by atoms with Crippen LogP contribution in [0.2, 0.25) is 10.0 Å². The third kappa shape index (κ3) is 4.95. The lowest BCUT2D eigenvalue weighted by molar-refractivity contribution is 0.0328. The largest absolute Gasteiger partial charge is 0.478 e. The molecule has 8 heteroatoms. The maximum absolute atomic E-state index is 11.1. The molecule has 2 fully saturated rings. The molecule has 1 aromatic heterocycles. The van der Waals surface area contributed by atoms with Crippen molar-refractivity contribution in [3.63, 3.8) is 0 Å². The van der Waals surface area contributed by atoms with Crippen LogP contribution >= 0.6 is 23.2 Å². The minimum atomic E-state index is -0.910. The van der Waals surface area contributed by atoms with Crippen molar-refractivity contribution in [3.8, 4) is 11.3 Å². The Bertz CT molecular complexity index is 1150. The van der Waals surface area contributed by atoms with Gasteiger partial charge in [0.1, 0.15) is 11.5 Å². The molecule has 3 aromatic rings. The Kier molecular flexibility index (Phi) is 6.82. The van der Waals surface area contributed by atoms with Crippen LogP contribution in [0.5, 0.6) is 0 Å². The van der Waals surface area contributed by atoms with E-state index in [2.05, 4.69) is 10.1 Å². The van der Waals surface area contributed by atoms with E-state index in [1.165, 1.54) is 0 Å². The predicted octanol–water partition coefficient (Wildman–Crippen LogP) is 6.80. The average Bonchev–Trinajstić information content (AvgIpc) is 3.63. The van der Waals surface area contributed by atoms with Crippen LogP contribution in [0.3, 0.4) is 0 Å². The molecule has 1 aliphatic heterocycles. The highest BCUT2D eigenvalue weighted by Gasteiger charge is 2.34. The standard InChI is InChI=1S/C26H26Cl2N2O4/c27-21-4-1-5-22(28)23(21)24-20(25(34-29-24)16-6-7-16)15-33-19-3-2-13-30(14-12-19)18-10-8-17(9-11-18)26(31)32/h1,4-5,8-11,16,19H,2-3,6-7,12-15H2,(H,31,32). The predicted molar refractivity (Wildman–Crippen MR) is 132 cm³/mol. The maximum Gasteiger partial charge on any atom is 0.335 e. The fourth-order valence-corrected chi connectivity index (χ4v) is 5.13. The van der Waals surface area contributed by atoms with E-state index in [9.17, 15) is 4.79 Å². The number of halogens is 2. The molecule has 1 saturated carbocycles. The van der Waals surface area contributed by atoms with Crippen molar-refractivity contribution in [1.82, 2.24) is 5.16 Å². The first kappa shape index (κ1) is 23.2. The molecule has 6 nitrogen and oxygen atoms in total. The molecule has 1 saturated heterocycles. The monoisotopic (exact) mass is 500 g/mol. The summed E-state index contributed by atoms with van der Waals surface area (Å²) in [6.45, 7) is 2.16. The lowest BCUT2D eigenvalue weighted by atomic mass is 10.0. The summed E-state index contributed by atoms with van der Waals surface area (Å²) in [4.78, 5) is 13.4. The summed E-state index contributed by atoms with van der Waals surface area (Å²) in [5.41, 5.74) is 3.65. The first-order valence-electron chi connectivity index (χ1n) is 11.6. The minimum absolute atomic E-state index is 0.111. The van der Waals surface area contributed by atoms with Gasteiger partial charge < -0.3 is 19.3 Å². The van der Waals surface area contributed by atoms with E-state index in [-0.39, 0.29) is 6.10 Å². The number of carboxylic acids is 1. The van der Waals surface area contributed by atoms with Gasteiger partial charge in [-0.15, -0.1) is 0 Å². The van der Waals surface area contributed by atoms with Crippen molar-refractivity contribution >= 4 is 34.9 Å². The Morgan fingerprint density at radius 1 is 1.06 bits per heavy atom. The van der Waals surface area contributed by atoms with Crippen LogP contribution < -0.4 is 4.90 Å². The molecule has 2 aromatic carbocycles. The quantitative estimate of drug-likeness (QED) is 0.384. The van der Waals surface area contributed by atoms with Gasteiger partial charge in [-0.1, -0.05) is 34.4 Å². The number of hydrogen-bond acceptors (Lipinski definition) is 5. The maximum atomic E-state index is 11.1. The zero-order chi connectivity index (χ0) is 23.7. The molecule has 0 radical (unpaired) electrons. The summed E-state index contributed by atoms with van der Waals surface area (Å²) in [5.74, 6) is 0.367. The fourth-order valence-electron chi connectivity index (χ4n) is 4.55. The lowest BCUT2D eigenvalue weighted by Gasteiger charge is -2.23. The molecule has 0 bridgehead atoms. The van der Waals surface area contributed by atoms with Gasteiger partial charge in [0.15, 0.2) is 0 Å². The minimum Gasteiger partial charge on any atom is -0.478 e. The van der Waals surface area contributed by atoms with Gasteiger partial charge >= 0.3 is 5.97 Å². The van der Waals surface area contributed by atoms with E-state index in [1.807, 2.05) is 30.3 Å². The number of nitrogens with zero attached hydrogens (tertiary/aromatic N) is 2. The van der Waals surface area contributed by atoms with Crippen molar-refractivity contribution < 1.29 is 19.2 Å². The van der Waals surface area contributed by atoms with Crippen LogP contribution in [-0.4, -0.2) is 35.4 Å². The smallest absolute Gasteiger partial charge is 0.335 e. The first-order chi connectivity index (χ1) is 16.5. The summed E-state index contributed by atoms with van der Waals surface area (Å²) >= 11 is 12.9. The molecular formula is C26H26Cl2N2O4.